The lowest BCUT2D eigenvalue weighted by molar-refractivity contribution is 0.526. The van der Waals surface area contributed by atoms with Crippen LogP contribution in [-0.4, -0.2) is 20.7 Å². The molecule has 19 heavy (non-hydrogen) atoms. The first kappa shape index (κ1) is 14.5. The Morgan fingerprint density at radius 2 is 1.89 bits per heavy atom. The largest absolute Gasteiger partial charge is 0.312 e. The van der Waals surface area contributed by atoms with Crippen LogP contribution >= 0.6 is 0 Å². The van der Waals surface area contributed by atoms with Gasteiger partial charge in [-0.1, -0.05) is 39.8 Å². The van der Waals surface area contributed by atoms with Gasteiger partial charge in [0.25, 0.3) is 0 Å². The summed E-state index contributed by atoms with van der Waals surface area (Å²) >= 11 is 0. The van der Waals surface area contributed by atoms with Crippen molar-refractivity contribution < 1.29 is 8.42 Å². The molecular formula is C15H23NO2S. The number of hydrogen-bond acceptors (Lipinski definition) is 3. The van der Waals surface area contributed by atoms with Gasteiger partial charge < -0.3 is 5.32 Å². The molecule has 1 N–H and O–H groups in total. The highest BCUT2D eigenvalue weighted by Gasteiger charge is 2.43. The molecule has 0 saturated heterocycles. The molecule has 4 heteroatoms. The van der Waals surface area contributed by atoms with E-state index in [1.807, 2.05) is 20.0 Å². The second-order valence-corrected chi connectivity index (χ2v) is 8.40. The lowest BCUT2D eigenvalue weighted by Crippen LogP contribution is -2.28. The third-order valence-corrected chi connectivity index (χ3v) is 6.39. The Hall–Kier alpha value is -0.870. The van der Waals surface area contributed by atoms with Crippen molar-refractivity contribution in [2.75, 3.05) is 7.05 Å². The zero-order valence-electron chi connectivity index (χ0n) is 12.3. The van der Waals surface area contributed by atoms with Gasteiger partial charge in [0.05, 0.1) is 16.2 Å². The van der Waals surface area contributed by atoms with E-state index in [1.54, 1.807) is 6.07 Å². The summed E-state index contributed by atoms with van der Waals surface area (Å²) < 4.78 is 25.0. The topological polar surface area (TPSA) is 46.2 Å². The molecular weight excluding hydrogens is 258 g/mol. The Labute approximate surface area is 116 Å². The van der Waals surface area contributed by atoms with E-state index >= 15 is 0 Å². The number of nitrogens with one attached hydrogen (secondary N) is 1. The molecule has 1 aliphatic rings. The maximum Gasteiger partial charge on any atom is 0.183 e. The Morgan fingerprint density at radius 1 is 1.26 bits per heavy atom. The van der Waals surface area contributed by atoms with Crippen LogP contribution in [0.25, 0.3) is 0 Å². The molecule has 1 aromatic rings. The standard InChI is InChI=1S/C15H23NO2S/c1-6-12-14(16-5)11-9-10(15(2,3)4)7-8-13(11)19(12,17)18/h7-9,12,14,16H,6H2,1-5H3. The first-order valence-corrected chi connectivity index (χ1v) is 8.33. The van der Waals surface area contributed by atoms with Crippen LogP contribution in [0.1, 0.15) is 51.3 Å². The highest BCUT2D eigenvalue weighted by Crippen LogP contribution is 2.42. The predicted molar refractivity (Wildman–Crippen MR) is 78.2 cm³/mol. The van der Waals surface area contributed by atoms with Crippen molar-refractivity contribution >= 4 is 9.84 Å². The molecule has 0 amide bonds. The Morgan fingerprint density at radius 3 is 2.37 bits per heavy atom. The fraction of sp³-hybridized carbons (Fsp3) is 0.600. The van der Waals surface area contributed by atoms with Gasteiger partial charge in [-0.25, -0.2) is 8.42 Å². The van der Waals surface area contributed by atoms with E-state index in [1.165, 1.54) is 5.56 Å². The second-order valence-electron chi connectivity index (χ2n) is 6.26. The van der Waals surface area contributed by atoms with Gasteiger partial charge in [0.1, 0.15) is 0 Å². The Balaban J connectivity index is 2.64. The van der Waals surface area contributed by atoms with Gasteiger partial charge in [0, 0.05) is 0 Å². The van der Waals surface area contributed by atoms with Crippen LogP contribution in [0.5, 0.6) is 0 Å². The Bertz CT molecular complexity index is 585. The van der Waals surface area contributed by atoms with E-state index in [4.69, 9.17) is 0 Å². The zero-order chi connectivity index (χ0) is 14.4. The molecule has 0 bridgehead atoms. The first-order chi connectivity index (χ1) is 8.73. The highest BCUT2D eigenvalue weighted by molar-refractivity contribution is 7.92. The second kappa shape index (κ2) is 4.60. The summed E-state index contributed by atoms with van der Waals surface area (Å²) in [7, 11) is -1.35. The van der Waals surface area contributed by atoms with Crippen molar-refractivity contribution in [1.29, 1.82) is 0 Å². The van der Waals surface area contributed by atoms with Crippen molar-refractivity contribution in [3.8, 4) is 0 Å². The normalized spacial score (nSPS) is 25.3. The van der Waals surface area contributed by atoms with Crippen LogP contribution in [0.3, 0.4) is 0 Å². The van der Waals surface area contributed by atoms with Gasteiger partial charge in [0.15, 0.2) is 9.84 Å². The molecule has 2 rings (SSSR count). The van der Waals surface area contributed by atoms with Crippen LogP contribution < -0.4 is 5.32 Å². The molecule has 1 aromatic carbocycles. The number of fused-ring (bicyclic) bond motifs is 1. The fourth-order valence-electron chi connectivity index (χ4n) is 2.86. The van der Waals surface area contributed by atoms with Crippen molar-refractivity contribution in [3.63, 3.8) is 0 Å². The van der Waals surface area contributed by atoms with Gasteiger partial charge in [-0.05, 0) is 36.1 Å². The van der Waals surface area contributed by atoms with Crippen molar-refractivity contribution in [1.82, 2.24) is 5.32 Å². The third-order valence-electron chi connectivity index (χ3n) is 4.00. The molecule has 106 valence electrons. The average Bonchev–Trinajstić information content (AvgIpc) is 2.55. The van der Waals surface area contributed by atoms with E-state index in [2.05, 4.69) is 32.2 Å². The maximum atomic E-state index is 12.5. The van der Waals surface area contributed by atoms with Crippen molar-refractivity contribution in [3.05, 3.63) is 29.3 Å². The minimum atomic E-state index is -3.18. The lowest BCUT2D eigenvalue weighted by Gasteiger charge is -2.21. The summed E-state index contributed by atoms with van der Waals surface area (Å²) in [5.41, 5.74) is 2.14. The van der Waals surface area contributed by atoms with Gasteiger partial charge >= 0.3 is 0 Å². The number of sulfone groups is 1. The molecule has 0 radical (unpaired) electrons. The average molecular weight is 281 g/mol. The molecule has 0 fully saturated rings. The van der Waals surface area contributed by atoms with Crippen LogP contribution in [0.4, 0.5) is 0 Å². The summed E-state index contributed by atoms with van der Waals surface area (Å²) in [4.78, 5) is 0.506. The number of rotatable bonds is 2. The summed E-state index contributed by atoms with van der Waals surface area (Å²) in [6.07, 6.45) is 0.632. The van der Waals surface area contributed by atoms with Gasteiger partial charge in [-0.2, -0.15) is 0 Å². The molecule has 1 heterocycles. The fourth-order valence-corrected chi connectivity index (χ4v) is 5.03. The minimum Gasteiger partial charge on any atom is -0.312 e. The van der Waals surface area contributed by atoms with E-state index < -0.39 is 9.84 Å². The quantitative estimate of drug-likeness (QED) is 0.906. The molecule has 2 atom stereocenters. The number of hydrogen-bond donors (Lipinski definition) is 1. The van der Waals surface area contributed by atoms with Crippen molar-refractivity contribution in [2.24, 2.45) is 0 Å². The van der Waals surface area contributed by atoms with E-state index in [0.29, 0.717) is 11.3 Å². The zero-order valence-corrected chi connectivity index (χ0v) is 13.1. The molecule has 1 aliphatic heterocycles. The van der Waals surface area contributed by atoms with Crippen LogP contribution in [0, 0.1) is 0 Å². The van der Waals surface area contributed by atoms with Crippen LogP contribution in [0.2, 0.25) is 0 Å². The SMILES string of the molecule is CCC1C(NC)c2cc(C(C)(C)C)ccc2S1(=O)=O. The van der Waals surface area contributed by atoms with E-state index in [-0.39, 0.29) is 16.7 Å². The minimum absolute atomic E-state index is 0.0292. The van der Waals surface area contributed by atoms with Crippen LogP contribution in [0.15, 0.2) is 23.1 Å². The molecule has 0 aromatic heterocycles. The van der Waals surface area contributed by atoms with Gasteiger partial charge in [-0.3, -0.25) is 0 Å². The Kier molecular flexibility index (Phi) is 3.52. The molecule has 2 unspecified atom stereocenters. The van der Waals surface area contributed by atoms with Gasteiger partial charge in [-0.15, -0.1) is 0 Å². The molecule has 0 saturated carbocycles. The summed E-state index contributed by atoms with van der Waals surface area (Å²) in [6, 6.07) is 5.70. The summed E-state index contributed by atoms with van der Waals surface area (Å²) in [5.74, 6) is 0. The predicted octanol–water partition coefficient (Wildman–Crippen LogP) is 2.81. The van der Waals surface area contributed by atoms with E-state index in [0.717, 1.165) is 5.56 Å². The lowest BCUT2D eigenvalue weighted by atomic mass is 9.85. The summed E-state index contributed by atoms with van der Waals surface area (Å²) in [5, 5.41) is 2.83. The third kappa shape index (κ3) is 2.21. The van der Waals surface area contributed by atoms with Crippen LogP contribution in [-0.2, 0) is 15.3 Å². The van der Waals surface area contributed by atoms with Gasteiger partial charge in [0.2, 0.25) is 0 Å². The molecule has 3 nitrogen and oxygen atoms in total. The maximum absolute atomic E-state index is 12.5. The first-order valence-electron chi connectivity index (χ1n) is 6.79. The molecule has 0 spiro atoms. The monoisotopic (exact) mass is 281 g/mol. The summed E-state index contributed by atoms with van der Waals surface area (Å²) in [6.45, 7) is 8.36. The number of benzene rings is 1. The highest BCUT2D eigenvalue weighted by atomic mass is 32.2. The molecule has 0 aliphatic carbocycles. The smallest absolute Gasteiger partial charge is 0.183 e. The van der Waals surface area contributed by atoms with Crippen molar-refractivity contribution in [2.45, 2.75) is 55.7 Å². The van der Waals surface area contributed by atoms with E-state index in [9.17, 15) is 8.42 Å².